The number of piperazine rings is 1. The van der Waals surface area contributed by atoms with E-state index >= 15 is 0 Å². The molecule has 0 bridgehead atoms. The zero-order valence-corrected chi connectivity index (χ0v) is 19.8. The smallest absolute Gasteiger partial charge is 0.271 e. The van der Waals surface area contributed by atoms with Gasteiger partial charge in [0.2, 0.25) is 10.0 Å². The number of benzene rings is 2. The molecule has 0 saturated carbocycles. The Bertz CT molecular complexity index is 1310. The fraction of sp³-hybridized carbons (Fsp3) is 0.304. The van der Waals surface area contributed by atoms with Crippen molar-refractivity contribution in [2.24, 2.45) is 0 Å². The van der Waals surface area contributed by atoms with E-state index in [0.29, 0.717) is 47.6 Å². The van der Waals surface area contributed by atoms with Crippen LogP contribution >= 0.6 is 11.6 Å². The maximum Gasteiger partial charge on any atom is 0.271 e. The molecule has 0 spiro atoms. The molecule has 0 atom stereocenters. The molecular weight excluding hydrogens is 448 g/mol. The van der Waals surface area contributed by atoms with Crippen LogP contribution in [0, 0.1) is 20.8 Å². The van der Waals surface area contributed by atoms with Crippen molar-refractivity contribution in [3.63, 3.8) is 0 Å². The minimum atomic E-state index is -3.58. The molecular formula is C23H25ClN4O3S. The van der Waals surface area contributed by atoms with Crippen LogP contribution in [0.1, 0.15) is 16.7 Å². The molecule has 7 nitrogen and oxygen atoms in total. The molecule has 9 heteroatoms. The molecule has 1 aliphatic rings. The summed E-state index contributed by atoms with van der Waals surface area (Å²) < 4.78 is 29.4. The predicted octanol–water partition coefficient (Wildman–Crippen LogP) is 3.32. The summed E-state index contributed by atoms with van der Waals surface area (Å²) in [4.78, 5) is 14.7. The third-order valence-corrected chi connectivity index (χ3v) is 8.12. The van der Waals surface area contributed by atoms with Crippen LogP contribution in [0.3, 0.4) is 0 Å². The monoisotopic (exact) mass is 472 g/mol. The first-order valence-corrected chi connectivity index (χ1v) is 12.2. The van der Waals surface area contributed by atoms with Gasteiger partial charge in [-0.3, -0.25) is 4.79 Å². The van der Waals surface area contributed by atoms with E-state index in [1.54, 1.807) is 36.4 Å². The van der Waals surface area contributed by atoms with Gasteiger partial charge in [0.1, 0.15) is 5.82 Å². The number of rotatable bonds is 4. The number of sulfonamides is 1. The quantitative estimate of drug-likeness (QED) is 0.582. The Hall–Kier alpha value is -2.68. The van der Waals surface area contributed by atoms with Crippen LogP contribution in [0.5, 0.6) is 0 Å². The van der Waals surface area contributed by atoms with Crippen molar-refractivity contribution < 1.29 is 8.42 Å². The Morgan fingerprint density at radius 3 is 2.12 bits per heavy atom. The van der Waals surface area contributed by atoms with Crippen molar-refractivity contribution in [1.82, 2.24) is 14.1 Å². The lowest BCUT2D eigenvalue weighted by Gasteiger charge is -2.35. The maximum atomic E-state index is 13.3. The largest absolute Gasteiger partial charge is 0.353 e. The molecule has 3 aromatic rings. The summed E-state index contributed by atoms with van der Waals surface area (Å²) in [6.45, 7) is 7.39. The lowest BCUT2D eigenvalue weighted by molar-refractivity contribution is 0.383. The minimum Gasteiger partial charge on any atom is -0.353 e. The Labute approximate surface area is 192 Å². The van der Waals surface area contributed by atoms with Gasteiger partial charge in [0.05, 0.1) is 10.6 Å². The molecule has 2 heterocycles. The van der Waals surface area contributed by atoms with Crippen LogP contribution in [-0.4, -0.2) is 48.7 Å². The Morgan fingerprint density at radius 2 is 1.47 bits per heavy atom. The van der Waals surface area contributed by atoms with Gasteiger partial charge in [-0.1, -0.05) is 17.7 Å². The first-order valence-electron chi connectivity index (χ1n) is 10.4. The summed E-state index contributed by atoms with van der Waals surface area (Å²) in [5, 5.41) is 5.07. The highest BCUT2D eigenvalue weighted by atomic mass is 35.5. The topological polar surface area (TPSA) is 75.5 Å². The van der Waals surface area contributed by atoms with Crippen molar-refractivity contribution in [2.75, 3.05) is 31.1 Å². The summed E-state index contributed by atoms with van der Waals surface area (Å²) in [6, 6.07) is 13.7. The van der Waals surface area contributed by atoms with Gasteiger partial charge in [-0.15, -0.1) is 5.10 Å². The lowest BCUT2D eigenvalue weighted by atomic mass is 10.1. The summed E-state index contributed by atoms with van der Waals surface area (Å²) in [5.41, 5.74) is 3.16. The molecule has 4 rings (SSSR count). The fourth-order valence-electron chi connectivity index (χ4n) is 3.85. The van der Waals surface area contributed by atoms with E-state index in [0.717, 1.165) is 16.7 Å². The number of anilines is 1. The fourth-order valence-corrected chi connectivity index (χ4v) is 5.69. The van der Waals surface area contributed by atoms with Crippen LogP contribution in [-0.2, 0) is 10.0 Å². The third-order valence-electron chi connectivity index (χ3n) is 5.83. The molecule has 0 amide bonds. The van der Waals surface area contributed by atoms with E-state index < -0.39 is 10.0 Å². The normalized spacial score (nSPS) is 15.2. The van der Waals surface area contributed by atoms with Gasteiger partial charge in [-0.05, 0) is 73.9 Å². The number of aryl methyl sites for hydroxylation is 3. The van der Waals surface area contributed by atoms with Crippen LogP contribution in [0.2, 0.25) is 5.02 Å². The highest BCUT2D eigenvalue weighted by molar-refractivity contribution is 7.89. The predicted molar refractivity (Wildman–Crippen MR) is 126 cm³/mol. The molecule has 1 fully saturated rings. The van der Waals surface area contributed by atoms with Gasteiger partial charge in [0.15, 0.2) is 0 Å². The van der Waals surface area contributed by atoms with Gasteiger partial charge >= 0.3 is 0 Å². The first kappa shape index (κ1) is 22.5. The Morgan fingerprint density at radius 1 is 0.844 bits per heavy atom. The number of hydrogen-bond acceptors (Lipinski definition) is 5. The van der Waals surface area contributed by atoms with E-state index in [2.05, 4.69) is 5.10 Å². The average molecular weight is 473 g/mol. The molecule has 1 saturated heterocycles. The highest BCUT2D eigenvalue weighted by Gasteiger charge is 2.30. The van der Waals surface area contributed by atoms with Crippen molar-refractivity contribution in [2.45, 2.75) is 25.7 Å². The Balaban J connectivity index is 1.54. The summed E-state index contributed by atoms with van der Waals surface area (Å²) in [7, 11) is -3.58. The maximum absolute atomic E-state index is 13.3. The van der Waals surface area contributed by atoms with Crippen molar-refractivity contribution in [3.05, 3.63) is 80.6 Å². The molecule has 1 aliphatic heterocycles. The van der Waals surface area contributed by atoms with Gasteiger partial charge < -0.3 is 4.90 Å². The second-order valence-electron chi connectivity index (χ2n) is 8.01. The van der Waals surface area contributed by atoms with E-state index in [-0.39, 0.29) is 5.56 Å². The highest BCUT2D eigenvalue weighted by Crippen LogP contribution is 2.25. The zero-order valence-electron chi connectivity index (χ0n) is 18.2. The van der Waals surface area contributed by atoms with Crippen molar-refractivity contribution >= 4 is 27.4 Å². The number of aromatic nitrogens is 2. The lowest BCUT2D eigenvalue weighted by Crippen LogP contribution is -2.49. The Kier molecular flexibility index (Phi) is 6.11. The van der Waals surface area contributed by atoms with E-state index in [9.17, 15) is 13.2 Å². The number of nitrogens with zero attached hydrogens (tertiary/aromatic N) is 4. The van der Waals surface area contributed by atoms with Crippen LogP contribution < -0.4 is 10.5 Å². The molecule has 0 aliphatic carbocycles. The van der Waals surface area contributed by atoms with Crippen molar-refractivity contribution in [1.29, 1.82) is 0 Å². The number of halogens is 1. The second kappa shape index (κ2) is 8.69. The zero-order chi connectivity index (χ0) is 23.0. The minimum absolute atomic E-state index is 0.248. The van der Waals surface area contributed by atoms with Crippen LogP contribution in [0.15, 0.2) is 58.2 Å². The SMILES string of the molecule is Cc1cc(C)c(S(=O)(=O)N2CCN(c3ccc(=O)n(-c4ccc(Cl)cc4)n3)CC2)cc1C. The van der Waals surface area contributed by atoms with Crippen LogP contribution in [0.25, 0.3) is 5.69 Å². The van der Waals surface area contributed by atoms with Crippen LogP contribution in [0.4, 0.5) is 5.82 Å². The van der Waals surface area contributed by atoms with Crippen molar-refractivity contribution in [3.8, 4) is 5.69 Å². The summed E-state index contributed by atoms with van der Waals surface area (Å²) >= 11 is 5.94. The molecule has 1 aromatic heterocycles. The molecule has 0 N–H and O–H groups in total. The van der Waals surface area contributed by atoms with E-state index in [1.807, 2.05) is 31.7 Å². The molecule has 2 aromatic carbocycles. The second-order valence-corrected chi connectivity index (χ2v) is 10.4. The van der Waals surface area contributed by atoms with Gasteiger partial charge in [0.25, 0.3) is 5.56 Å². The number of hydrogen-bond donors (Lipinski definition) is 0. The third kappa shape index (κ3) is 4.30. The molecule has 0 unspecified atom stereocenters. The summed E-state index contributed by atoms with van der Waals surface area (Å²) in [6.07, 6.45) is 0. The van der Waals surface area contributed by atoms with E-state index in [4.69, 9.17) is 11.6 Å². The standard InChI is InChI=1S/C23H25ClN4O3S/c1-16-14-18(3)21(15-17(16)2)32(30,31)27-12-10-26(11-13-27)22-8-9-23(29)28(25-22)20-6-4-19(24)5-7-20/h4-9,14-15H,10-13H2,1-3H3. The first-order chi connectivity index (χ1) is 15.2. The summed E-state index contributed by atoms with van der Waals surface area (Å²) in [5.74, 6) is 0.624. The van der Waals surface area contributed by atoms with Gasteiger partial charge in [0, 0.05) is 37.3 Å². The van der Waals surface area contributed by atoms with Gasteiger partial charge in [-0.2, -0.15) is 8.99 Å². The van der Waals surface area contributed by atoms with Gasteiger partial charge in [-0.25, -0.2) is 8.42 Å². The molecule has 32 heavy (non-hydrogen) atoms. The average Bonchev–Trinajstić information content (AvgIpc) is 2.77. The van der Waals surface area contributed by atoms with E-state index in [1.165, 1.54) is 15.1 Å². The molecule has 168 valence electrons. The molecule has 0 radical (unpaired) electrons.